The molecule has 0 saturated heterocycles. The highest BCUT2D eigenvalue weighted by Gasteiger charge is 2.49. The third-order valence-corrected chi connectivity index (χ3v) is 3.30. The van der Waals surface area contributed by atoms with Crippen molar-refractivity contribution in [3.05, 3.63) is 23.3 Å². The van der Waals surface area contributed by atoms with Gasteiger partial charge in [-0.3, -0.25) is 4.79 Å². The second kappa shape index (κ2) is 5.02. The van der Waals surface area contributed by atoms with Crippen LogP contribution in [0, 0.1) is 19.3 Å². The molecule has 1 aliphatic carbocycles. The topological polar surface area (TPSA) is 75.1 Å². The summed E-state index contributed by atoms with van der Waals surface area (Å²) < 4.78 is 0. The third-order valence-electron chi connectivity index (χ3n) is 3.30. The standard InChI is InChI=1S/C13H19N3O2/c1-9-7-10(2)16-11(15-9)3-6-14-12(18)13(8-17)4-5-13/h7,17H,3-6,8H2,1-2H3,(H,14,18). The van der Waals surface area contributed by atoms with Gasteiger partial charge in [-0.2, -0.15) is 0 Å². The van der Waals surface area contributed by atoms with E-state index in [1.54, 1.807) is 0 Å². The van der Waals surface area contributed by atoms with E-state index in [1.165, 1.54) is 0 Å². The van der Waals surface area contributed by atoms with E-state index in [1.807, 2.05) is 19.9 Å². The lowest BCUT2D eigenvalue weighted by molar-refractivity contribution is -0.127. The first-order valence-electron chi connectivity index (χ1n) is 6.26. The summed E-state index contributed by atoms with van der Waals surface area (Å²) in [5, 5.41) is 12.0. The molecular weight excluding hydrogens is 230 g/mol. The summed E-state index contributed by atoms with van der Waals surface area (Å²) in [4.78, 5) is 20.4. The third kappa shape index (κ3) is 2.85. The number of carbonyl (C=O) groups is 1. The van der Waals surface area contributed by atoms with Gasteiger partial charge in [-0.25, -0.2) is 9.97 Å². The Morgan fingerprint density at radius 2 is 2.00 bits per heavy atom. The van der Waals surface area contributed by atoms with Gasteiger partial charge in [-0.05, 0) is 32.8 Å². The zero-order valence-corrected chi connectivity index (χ0v) is 10.9. The van der Waals surface area contributed by atoms with E-state index in [-0.39, 0.29) is 12.5 Å². The molecule has 98 valence electrons. The number of aliphatic hydroxyl groups is 1. The lowest BCUT2D eigenvalue weighted by Crippen LogP contribution is -2.35. The molecule has 18 heavy (non-hydrogen) atoms. The normalized spacial score (nSPS) is 16.4. The Bertz CT molecular complexity index is 435. The molecule has 5 heteroatoms. The number of amides is 1. The van der Waals surface area contributed by atoms with E-state index in [4.69, 9.17) is 5.11 Å². The van der Waals surface area contributed by atoms with Gasteiger partial charge in [0.1, 0.15) is 5.82 Å². The summed E-state index contributed by atoms with van der Waals surface area (Å²) in [6, 6.07) is 1.92. The summed E-state index contributed by atoms with van der Waals surface area (Å²) in [6.45, 7) is 4.33. The van der Waals surface area contributed by atoms with Crippen molar-refractivity contribution in [2.24, 2.45) is 5.41 Å². The van der Waals surface area contributed by atoms with E-state index < -0.39 is 5.41 Å². The van der Waals surface area contributed by atoms with Gasteiger partial charge < -0.3 is 10.4 Å². The lowest BCUT2D eigenvalue weighted by Gasteiger charge is -2.11. The maximum Gasteiger partial charge on any atom is 0.228 e. The molecule has 5 nitrogen and oxygen atoms in total. The van der Waals surface area contributed by atoms with E-state index >= 15 is 0 Å². The van der Waals surface area contributed by atoms with Crippen molar-refractivity contribution in [2.45, 2.75) is 33.1 Å². The van der Waals surface area contributed by atoms with E-state index in [0.29, 0.717) is 13.0 Å². The van der Waals surface area contributed by atoms with Crippen molar-refractivity contribution in [3.8, 4) is 0 Å². The number of nitrogens with one attached hydrogen (secondary N) is 1. The van der Waals surface area contributed by atoms with Crippen molar-refractivity contribution in [3.63, 3.8) is 0 Å². The largest absolute Gasteiger partial charge is 0.395 e. The fourth-order valence-corrected chi connectivity index (χ4v) is 1.99. The minimum atomic E-state index is -0.497. The SMILES string of the molecule is Cc1cc(C)nc(CCNC(=O)C2(CO)CC2)n1. The van der Waals surface area contributed by atoms with Crippen LogP contribution in [0.2, 0.25) is 0 Å². The molecule has 1 aromatic rings. The Kier molecular flexibility index (Phi) is 3.61. The van der Waals surface area contributed by atoms with Crippen molar-refractivity contribution in [2.75, 3.05) is 13.2 Å². The Balaban J connectivity index is 1.83. The molecule has 1 fully saturated rings. The predicted octanol–water partition coefficient (Wildman–Crippen LogP) is 0.525. The van der Waals surface area contributed by atoms with Crippen molar-refractivity contribution in [1.82, 2.24) is 15.3 Å². The zero-order chi connectivity index (χ0) is 13.2. The summed E-state index contributed by atoms with van der Waals surface area (Å²) in [5.74, 6) is 0.705. The highest BCUT2D eigenvalue weighted by atomic mass is 16.3. The van der Waals surface area contributed by atoms with Crippen LogP contribution in [0.15, 0.2) is 6.07 Å². The summed E-state index contributed by atoms with van der Waals surface area (Å²) in [7, 11) is 0. The number of aryl methyl sites for hydroxylation is 2. The lowest BCUT2D eigenvalue weighted by atomic mass is 10.1. The number of hydrogen-bond donors (Lipinski definition) is 2. The smallest absolute Gasteiger partial charge is 0.228 e. The average Bonchev–Trinajstić information content (AvgIpc) is 3.08. The number of carbonyl (C=O) groups excluding carboxylic acids is 1. The summed E-state index contributed by atoms with van der Waals surface area (Å²) in [6.07, 6.45) is 2.19. The molecule has 1 heterocycles. The van der Waals surface area contributed by atoms with Crippen LogP contribution in [0.1, 0.15) is 30.1 Å². The van der Waals surface area contributed by atoms with Crippen LogP contribution in [-0.4, -0.2) is 34.1 Å². The molecule has 0 unspecified atom stereocenters. The molecule has 0 aliphatic heterocycles. The van der Waals surface area contributed by atoms with Gasteiger partial charge in [0.2, 0.25) is 5.91 Å². The zero-order valence-electron chi connectivity index (χ0n) is 10.9. The summed E-state index contributed by atoms with van der Waals surface area (Å²) >= 11 is 0. The molecule has 0 bridgehead atoms. The Morgan fingerprint density at radius 3 is 2.50 bits per heavy atom. The van der Waals surface area contributed by atoms with Crippen LogP contribution >= 0.6 is 0 Å². The molecule has 0 aromatic carbocycles. The Morgan fingerprint density at radius 1 is 1.39 bits per heavy atom. The number of aromatic nitrogens is 2. The number of nitrogens with zero attached hydrogens (tertiary/aromatic N) is 2. The van der Waals surface area contributed by atoms with E-state index in [2.05, 4.69) is 15.3 Å². The monoisotopic (exact) mass is 249 g/mol. The van der Waals surface area contributed by atoms with Crippen LogP contribution in [0.3, 0.4) is 0 Å². The molecular formula is C13H19N3O2. The van der Waals surface area contributed by atoms with Crippen molar-refractivity contribution < 1.29 is 9.90 Å². The molecule has 2 N–H and O–H groups in total. The van der Waals surface area contributed by atoms with Crippen molar-refractivity contribution in [1.29, 1.82) is 0 Å². The molecule has 1 saturated carbocycles. The Hall–Kier alpha value is -1.49. The van der Waals surface area contributed by atoms with Gasteiger partial charge in [-0.15, -0.1) is 0 Å². The second-order valence-electron chi connectivity index (χ2n) is 5.01. The van der Waals surface area contributed by atoms with Gasteiger partial charge in [0, 0.05) is 24.4 Å². The van der Waals surface area contributed by atoms with Crippen LogP contribution < -0.4 is 5.32 Å². The maximum absolute atomic E-state index is 11.8. The highest BCUT2D eigenvalue weighted by Crippen LogP contribution is 2.45. The fourth-order valence-electron chi connectivity index (χ4n) is 1.99. The number of rotatable bonds is 5. The van der Waals surface area contributed by atoms with Gasteiger partial charge in [-0.1, -0.05) is 0 Å². The van der Waals surface area contributed by atoms with Crippen LogP contribution in [-0.2, 0) is 11.2 Å². The maximum atomic E-state index is 11.8. The van der Waals surface area contributed by atoms with Gasteiger partial charge in [0.05, 0.1) is 12.0 Å². The van der Waals surface area contributed by atoms with E-state index in [9.17, 15) is 4.79 Å². The first-order valence-corrected chi connectivity index (χ1v) is 6.26. The van der Waals surface area contributed by atoms with E-state index in [0.717, 1.165) is 30.1 Å². The number of hydrogen-bond acceptors (Lipinski definition) is 4. The minimum Gasteiger partial charge on any atom is -0.395 e. The van der Waals surface area contributed by atoms with Crippen LogP contribution in [0.4, 0.5) is 0 Å². The fraction of sp³-hybridized carbons (Fsp3) is 0.615. The first kappa shape index (κ1) is 13.0. The quantitative estimate of drug-likeness (QED) is 0.798. The molecule has 2 rings (SSSR count). The molecule has 1 aliphatic rings. The van der Waals surface area contributed by atoms with Gasteiger partial charge in [0.15, 0.2) is 0 Å². The predicted molar refractivity (Wildman–Crippen MR) is 67.0 cm³/mol. The molecule has 0 spiro atoms. The highest BCUT2D eigenvalue weighted by molar-refractivity contribution is 5.85. The minimum absolute atomic E-state index is 0.0469. The van der Waals surface area contributed by atoms with Crippen molar-refractivity contribution >= 4 is 5.91 Å². The van der Waals surface area contributed by atoms with Gasteiger partial charge in [0.25, 0.3) is 0 Å². The Labute approximate surface area is 107 Å². The average molecular weight is 249 g/mol. The van der Waals surface area contributed by atoms with Gasteiger partial charge >= 0.3 is 0 Å². The first-order chi connectivity index (χ1) is 8.55. The number of aliphatic hydroxyl groups excluding tert-OH is 1. The second-order valence-corrected chi connectivity index (χ2v) is 5.01. The molecule has 1 amide bonds. The van der Waals surface area contributed by atoms with Crippen LogP contribution in [0.25, 0.3) is 0 Å². The molecule has 1 aromatic heterocycles. The van der Waals surface area contributed by atoms with Crippen LogP contribution in [0.5, 0.6) is 0 Å². The summed E-state index contributed by atoms with van der Waals surface area (Å²) in [5.41, 5.74) is 1.39. The molecule has 0 atom stereocenters. The molecule has 0 radical (unpaired) electrons.